The number of hydrogen-bond donors (Lipinski definition) is 0. The maximum atomic E-state index is 4.99. The van der Waals surface area contributed by atoms with Gasteiger partial charge in [-0.1, -0.05) is 91.0 Å². The molecule has 1 aliphatic carbocycles. The normalized spacial score (nSPS) is 12.7. The molecule has 0 amide bonds. The largest absolute Gasteiger partial charge is 0.328 e. The van der Waals surface area contributed by atoms with Crippen molar-refractivity contribution in [2.75, 3.05) is 0 Å². The third-order valence-corrected chi connectivity index (χ3v) is 9.01. The molecule has 2 aromatic heterocycles. The van der Waals surface area contributed by atoms with Crippen molar-refractivity contribution >= 4 is 27.9 Å². The van der Waals surface area contributed by atoms with Gasteiger partial charge in [-0.3, -0.25) is 0 Å². The van der Waals surface area contributed by atoms with Gasteiger partial charge in [-0.2, -0.15) is 0 Å². The first-order valence-corrected chi connectivity index (χ1v) is 15.7. The minimum absolute atomic E-state index is 0.885. The maximum Gasteiger partial charge on any atom is 0.141 e. The van der Waals surface area contributed by atoms with Gasteiger partial charge in [0.2, 0.25) is 0 Å². The first-order valence-electron chi connectivity index (χ1n) is 15.7. The molecule has 0 spiro atoms. The Morgan fingerprint density at radius 1 is 0.568 bits per heavy atom. The van der Waals surface area contributed by atoms with E-state index < -0.39 is 0 Å². The van der Waals surface area contributed by atoms with Gasteiger partial charge >= 0.3 is 0 Å². The predicted octanol–water partition coefficient (Wildman–Crippen LogP) is 10.1. The van der Waals surface area contributed by atoms with Crippen LogP contribution in [0.5, 0.6) is 0 Å². The van der Waals surface area contributed by atoms with E-state index in [1.807, 2.05) is 0 Å². The zero-order valence-corrected chi connectivity index (χ0v) is 25.2. The number of allylic oxidation sites excluding steroid dienone is 1. The summed E-state index contributed by atoms with van der Waals surface area (Å²) in [5.41, 5.74) is 11.8. The van der Waals surface area contributed by atoms with Gasteiger partial charge in [0.15, 0.2) is 0 Å². The highest BCUT2D eigenvalue weighted by Crippen LogP contribution is 2.33. The lowest BCUT2D eigenvalue weighted by atomic mass is 9.96. The second kappa shape index (κ2) is 10.8. The molecule has 2 heterocycles. The standard InChI is InChI=1S/C40H34N4/c1-3-43-37-11-7-5-9-35(37)41-39(43)30-19-13-27(14-20-30)32-23-17-29-18-24-33(26-34(29)25-32)28-15-21-31(22-16-28)40-42-36-10-6-8-12-38(36)44(40)4-2/h5-7,9-11,13-26H,3-4,8,12H2,1-2H3. The van der Waals surface area contributed by atoms with Gasteiger partial charge in [0.1, 0.15) is 11.6 Å². The lowest BCUT2D eigenvalue weighted by Crippen LogP contribution is -2.04. The highest BCUT2D eigenvalue weighted by Gasteiger charge is 2.17. The van der Waals surface area contributed by atoms with E-state index in [4.69, 9.17) is 9.97 Å². The van der Waals surface area contributed by atoms with Crippen LogP contribution in [-0.2, 0) is 19.5 Å². The lowest BCUT2D eigenvalue weighted by Gasteiger charge is -2.11. The molecule has 4 heteroatoms. The first-order chi connectivity index (χ1) is 21.7. The van der Waals surface area contributed by atoms with Crippen LogP contribution >= 0.6 is 0 Å². The molecule has 0 N–H and O–H groups in total. The second-order valence-electron chi connectivity index (χ2n) is 11.6. The minimum atomic E-state index is 0.885. The molecule has 0 radical (unpaired) electrons. The topological polar surface area (TPSA) is 35.6 Å². The molecule has 8 rings (SSSR count). The number of fused-ring (bicyclic) bond motifs is 3. The number of imidazole rings is 2. The minimum Gasteiger partial charge on any atom is -0.328 e. The van der Waals surface area contributed by atoms with Crippen LogP contribution in [0.1, 0.15) is 31.7 Å². The quantitative estimate of drug-likeness (QED) is 0.199. The molecular formula is C40H34N4. The average Bonchev–Trinajstić information content (AvgIpc) is 3.66. The molecule has 7 aromatic rings. The Kier molecular flexibility index (Phi) is 6.48. The monoisotopic (exact) mass is 570 g/mol. The Hall–Kier alpha value is -5.22. The van der Waals surface area contributed by atoms with Gasteiger partial charge in [-0.25, -0.2) is 9.97 Å². The first kappa shape index (κ1) is 26.4. The van der Waals surface area contributed by atoms with Crippen molar-refractivity contribution in [2.24, 2.45) is 0 Å². The molecule has 44 heavy (non-hydrogen) atoms. The van der Waals surface area contributed by atoms with Gasteiger partial charge in [0.25, 0.3) is 0 Å². The molecular weight excluding hydrogens is 536 g/mol. The smallest absolute Gasteiger partial charge is 0.141 e. The third kappa shape index (κ3) is 4.46. The Labute approximate surface area is 258 Å². The summed E-state index contributed by atoms with van der Waals surface area (Å²) in [6.07, 6.45) is 6.56. The van der Waals surface area contributed by atoms with Crippen LogP contribution in [0.25, 0.3) is 72.9 Å². The van der Waals surface area contributed by atoms with Crippen molar-refractivity contribution in [3.8, 4) is 45.0 Å². The van der Waals surface area contributed by atoms with E-state index in [1.54, 1.807) is 0 Å². The van der Waals surface area contributed by atoms with Crippen molar-refractivity contribution in [1.82, 2.24) is 19.1 Å². The fourth-order valence-corrected chi connectivity index (χ4v) is 6.72. The molecule has 0 saturated heterocycles. The summed E-state index contributed by atoms with van der Waals surface area (Å²) in [6.45, 7) is 6.20. The molecule has 0 unspecified atom stereocenters. The third-order valence-electron chi connectivity index (χ3n) is 9.01. The van der Waals surface area contributed by atoms with Gasteiger partial charge < -0.3 is 9.13 Å². The Bertz CT molecular complexity index is 2180. The van der Waals surface area contributed by atoms with Crippen LogP contribution in [0.15, 0.2) is 115 Å². The number of benzene rings is 5. The van der Waals surface area contributed by atoms with E-state index >= 15 is 0 Å². The number of aromatic nitrogens is 4. The molecule has 1 aliphatic rings. The highest BCUT2D eigenvalue weighted by molar-refractivity contribution is 5.91. The van der Waals surface area contributed by atoms with Crippen LogP contribution in [0, 0.1) is 0 Å². The molecule has 5 aromatic carbocycles. The summed E-state index contributed by atoms with van der Waals surface area (Å²) in [5.74, 6) is 2.08. The molecule has 0 fully saturated rings. The Morgan fingerprint density at radius 3 is 1.77 bits per heavy atom. The van der Waals surface area contributed by atoms with Crippen LogP contribution in [0.2, 0.25) is 0 Å². The van der Waals surface area contributed by atoms with E-state index in [0.29, 0.717) is 0 Å². The molecule has 0 saturated carbocycles. The zero-order valence-electron chi connectivity index (χ0n) is 25.2. The van der Waals surface area contributed by atoms with Gasteiger partial charge in [-0.15, -0.1) is 0 Å². The Balaban J connectivity index is 1.09. The zero-order chi connectivity index (χ0) is 29.6. The van der Waals surface area contributed by atoms with E-state index in [1.165, 1.54) is 49.8 Å². The number of nitrogens with zero attached hydrogens (tertiary/aromatic N) is 4. The summed E-state index contributed by atoms with van der Waals surface area (Å²) in [5, 5.41) is 2.48. The van der Waals surface area contributed by atoms with Gasteiger partial charge in [0.05, 0.1) is 16.7 Å². The summed E-state index contributed by atoms with van der Waals surface area (Å²) < 4.78 is 4.66. The lowest BCUT2D eigenvalue weighted by molar-refractivity contribution is 0.712. The Morgan fingerprint density at radius 2 is 1.14 bits per heavy atom. The average molecular weight is 571 g/mol. The van der Waals surface area contributed by atoms with Crippen molar-refractivity contribution in [1.29, 1.82) is 0 Å². The summed E-state index contributed by atoms with van der Waals surface area (Å²) in [7, 11) is 0. The van der Waals surface area contributed by atoms with Crippen LogP contribution in [0.4, 0.5) is 0 Å². The van der Waals surface area contributed by atoms with Crippen LogP contribution in [-0.4, -0.2) is 19.1 Å². The molecule has 4 nitrogen and oxygen atoms in total. The summed E-state index contributed by atoms with van der Waals surface area (Å²) in [6, 6.07) is 39.6. The van der Waals surface area contributed by atoms with Gasteiger partial charge in [0, 0.05) is 29.9 Å². The molecule has 214 valence electrons. The number of rotatable bonds is 6. The van der Waals surface area contributed by atoms with E-state index in [-0.39, 0.29) is 0 Å². The molecule has 0 aliphatic heterocycles. The number of para-hydroxylation sites is 2. The van der Waals surface area contributed by atoms with Crippen molar-refractivity contribution in [3.05, 3.63) is 127 Å². The fraction of sp³-hybridized carbons (Fsp3) is 0.150. The number of hydrogen-bond acceptors (Lipinski definition) is 2. The van der Waals surface area contributed by atoms with Crippen molar-refractivity contribution in [2.45, 2.75) is 39.8 Å². The number of aryl methyl sites for hydroxylation is 1. The molecule has 0 bridgehead atoms. The van der Waals surface area contributed by atoms with Crippen molar-refractivity contribution in [3.63, 3.8) is 0 Å². The molecule has 0 atom stereocenters. The van der Waals surface area contributed by atoms with Crippen LogP contribution in [0.3, 0.4) is 0 Å². The predicted molar refractivity (Wildman–Crippen MR) is 183 cm³/mol. The van der Waals surface area contributed by atoms with E-state index in [2.05, 4.69) is 144 Å². The second-order valence-corrected chi connectivity index (χ2v) is 11.6. The van der Waals surface area contributed by atoms with E-state index in [0.717, 1.165) is 54.4 Å². The SMILES string of the molecule is CCn1c(-c2ccc(-c3ccc4ccc(-c5ccc(-c6nc7ccccc7n6CC)cc5)cc4c3)cc2)nc2c1CCC=C2. The fourth-order valence-electron chi connectivity index (χ4n) is 6.72. The summed E-state index contributed by atoms with van der Waals surface area (Å²) >= 11 is 0. The van der Waals surface area contributed by atoms with Crippen molar-refractivity contribution < 1.29 is 0 Å². The van der Waals surface area contributed by atoms with E-state index in [9.17, 15) is 0 Å². The summed E-state index contributed by atoms with van der Waals surface area (Å²) in [4.78, 5) is 9.92. The van der Waals surface area contributed by atoms with Crippen LogP contribution < -0.4 is 0 Å². The van der Waals surface area contributed by atoms with Gasteiger partial charge in [-0.05, 0) is 90.1 Å². The maximum absolute atomic E-state index is 4.99. The highest BCUT2D eigenvalue weighted by atomic mass is 15.1.